The third-order valence-corrected chi connectivity index (χ3v) is 2.36. The summed E-state index contributed by atoms with van der Waals surface area (Å²) in [6, 6.07) is 0.827. The summed E-state index contributed by atoms with van der Waals surface area (Å²) < 4.78 is 83.3. The van der Waals surface area contributed by atoms with E-state index in [0.29, 0.717) is 0 Å². The zero-order chi connectivity index (χ0) is 17.1. The van der Waals surface area contributed by atoms with Crippen LogP contribution in [0, 0.1) is 0 Å². The van der Waals surface area contributed by atoms with Gasteiger partial charge in [-0.25, -0.2) is 4.98 Å². The molecule has 0 aliphatic carbocycles. The molecule has 0 spiro atoms. The highest BCUT2D eigenvalue weighted by molar-refractivity contribution is 5.73. The monoisotopic (exact) mass is 332 g/mol. The summed E-state index contributed by atoms with van der Waals surface area (Å²) in [5.74, 6) is -2.64. The molecule has 0 saturated heterocycles. The van der Waals surface area contributed by atoms with Gasteiger partial charge in [0, 0.05) is 12.1 Å². The number of nitrogens with zero attached hydrogens (tertiary/aromatic N) is 1. The fourth-order valence-electron chi connectivity index (χ4n) is 1.53. The van der Waals surface area contributed by atoms with Crippen molar-refractivity contribution in [2.45, 2.75) is 25.5 Å². The SMILES string of the molecule is COC(=O)Cc1cc(CN)nc(C(F)(F)F)c1OC(F)(F)F. The van der Waals surface area contributed by atoms with Gasteiger partial charge in [0.05, 0.1) is 19.2 Å². The van der Waals surface area contributed by atoms with Gasteiger partial charge in [0.1, 0.15) is 0 Å². The Morgan fingerprint density at radius 3 is 2.27 bits per heavy atom. The summed E-state index contributed by atoms with van der Waals surface area (Å²) in [7, 11) is 0.933. The number of pyridine rings is 1. The number of hydrogen-bond donors (Lipinski definition) is 1. The number of esters is 1. The van der Waals surface area contributed by atoms with Crippen LogP contribution in [0.15, 0.2) is 6.07 Å². The second-order valence-electron chi connectivity index (χ2n) is 3.95. The lowest BCUT2D eigenvalue weighted by molar-refractivity contribution is -0.276. The summed E-state index contributed by atoms with van der Waals surface area (Å²) in [6.45, 7) is -0.469. The first kappa shape index (κ1) is 18.0. The zero-order valence-corrected chi connectivity index (χ0v) is 11.0. The van der Waals surface area contributed by atoms with Gasteiger partial charge in [-0.3, -0.25) is 4.79 Å². The average molecular weight is 332 g/mol. The van der Waals surface area contributed by atoms with Gasteiger partial charge in [0.2, 0.25) is 0 Å². The molecule has 5 nitrogen and oxygen atoms in total. The van der Waals surface area contributed by atoms with Crippen LogP contribution in [0.4, 0.5) is 26.3 Å². The minimum absolute atomic E-state index is 0.347. The lowest BCUT2D eigenvalue weighted by Gasteiger charge is -2.18. The molecule has 0 saturated carbocycles. The van der Waals surface area contributed by atoms with Gasteiger partial charge in [0.25, 0.3) is 0 Å². The molecule has 124 valence electrons. The number of alkyl halides is 6. The third-order valence-electron chi connectivity index (χ3n) is 2.36. The second-order valence-corrected chi connectivity index (χ2v) is 3.95. The van der Waals surface area contributed by atoms with Crippen LogP contribution in [0.1, 0.15) is 17.0 Å². The van der Waals surface area contributed by atoms with Gasteiger partial charge in [-0.1, -0.05) is 0 Å². The van der Waals surface area contributed by atoms with Gasteiger partial charge in [0.15, 0.2) is 11.4 Å². The van der Waals surface area contributed by atoms with Crippen LogP contribution in [0.5, 0.6) is 5.75 Å². The quantitative estimate of drug-likeness (QED) is 0.676. The van der Waals surface area contributed by atoms with E-state index in [1.165, 1.54) is 0 Å². The zero-order valence-electron chi connectivity index (χ0n) is 11.0. The summed E-state index contributed by atoms with van der Waals surface area (Å²) >= 11 is 0. The Morgan fingerprint density at radius 1 is 1.27 bits per heavy atom. The first-order valence-corrected chi connectivity index (χ1v) is 5.60. The highest BCUT2D eigenvalue weighted by Crippen LogP contribution is 2.39. The Kier molecular flexibility index (Phi) is 5.22. The predicted molar refractivity (Wildman–Crippen MR) is 59.5 cm³/mol. The highest BCUT2D eigenvalue weighted by Gasteiger charge is 2.42. The molecule has 1 aromatic heterocycles. The maximum Gasteiger partial charge on any atom is 0.573 e. The van der Waals surface area contributed by atoms with Crippen molar-refractivity contribution in [1.29, 1.82) is 0 Å². The van der Waals surface area contributed by atoms with E-state index in [1.807, 2.05) is 0 Å². The van der Waals surface area contributed by atoms with Crippen LogP contribution in [-0.4, -0.2) is 24.4 Å². The number of halogens is 6. The van der Waals surface area contributed by atoms with Crippen molar-refractivity contribution in [2.24, 2.45) is 5.73 Å². The van der Waals surface area contributed by atoms with Crippen molar-refractivity contribution in [3.63, 3.8) is 0 Å². The minimum Gasteiger partial charge on any atom is -0.469 e. The molecule has 11 heteroatoms. The molecule has 0 amide bonds. The molecule has 2 N–H and O–H groups in total. The number of carbonyl (C=O) groups is 1. The number of methoxy groups -OCH3 is 1. The van der Waals surface area contributed by atoms with Crippen molar-refractivity contribution in [3.05, 3.63) is 23.0 Å². The van der Waals surface area contributed by atoms with E-state index in [9.17, 15) is 31.1 Å². The molecular weight excluding hydrogens is 322 g/mol. The molecular formula is C11H10F6N2O3. The maximum absolute atomic E-state index is 12.9. The molecule has 0 fully saturated rings. The normalized spacial score (nSPS) is 12.2. The molecule has 0 aromatic carbocycles. The molecule has 1 heterocycles. The topological polar surface area (TPSA) is 74.4 Å². The highest BCUT2D eigenvalue weighted by atomic mass is 19.4. The maximum atomic E-state index is 12.9. The molecule has 0 bridgehead atoms. The van der Waals surface area contributed by atoms with Crippen LogP contribution in [-0.2, 0) is 28.7 Å². The summed E-state index contributed by atoms with van der Waals surface area (Å²) in [5.41, 5.74) is 2.23. The molecule has 0 aliphatic heterocycles. The van der Waals surface area contributed by atoms with Gasteiger partial charge in [-0.2, -0.15) is 13.2 Å². The lowest BCUT2D eigenvalue weighted by atomic mass is 10.1. The Balaban J connectivity index is 3.52. The fraction of sp³-hybridized carbons (Fsp3) is 0.455. The van der Waals surface area contributed by atoms with E-state index < -0.39 is 48.5 Å². The standard InChI is InChI=1S/C11H10F6N2O3/c1-21-7(20)3-5-2-6(4-18)19-9(10(12,13)14)8(5)22-11(15,16)17/h2H,3-4,18H2,1H3. The van der Waals surface area contributed by atoms with Crippen LogP contribution in [0.25, 0.3) is 0 Å². The predicted octanol–water partition coefficient (Wildman–Crippen LogP) is 2.17. The van der Waals surface area contributed by atoms with Crippen LogP contribution < -0.4 is 10.5 Å². The number of hydrogen-bond acceptors (Lipinski definition) is 5. The Hall–Kier alpha value is -2.04. The first-order valence-electron chi connectivity index (χ1n) is 5.60. The minimum atomic E-state index is -5.39. The third kappa shape index (κ3) is 4.76. The number of rotatable bonds is 4. The van der Waals surface area contributed by atoms with Crippen molar-refractivity contribution < 1.29 is 40.6 Å². The summed E-state index contributed by atoms with van der Waals surface area (Å²) in [4.78, 5) is 14.2. The van der Waals surface area contributed by atoms with Crippen molar-refractivity contribution in [3.8, 4) is 5.75 Å². The van der Waals surface area contributed by atoms with Crippen molar-refractivity contribution >= 4 is 5.97 Å². The molecule has 0 atom stereocenters. The van der Waals surface area contributed by atoms with E-state index in [4.69, 9.17) is 5.73 Å². The fourth-order valence-corrected chi connectivity index (χ4v) is 1.53. The molecule has 1 rings (SSSR count). The molecule has 22 heavy (non-hydrogen) atoms. The number of carbonyl (C=O) groups excluding carboxylic acids is 1. The van der Waals surface area contributed by atoms with Crippen molar-refractivity contribution in [1.82, 2.24) is 4.98 Å². The Morgan fingerprint density at radius 2 is 1.86 bits per heavy atom. The first-order chi connectivity index (χ1) is 9.97. The molecule has 1 aromatic rings. The van der Waals surface area contributed by atoms with Crippen LogP contribution in [0.3, 0.4) is 0 Å². The number of ether oxygens (including phenoxy) is 2. The molecule has 0 radical (unpaired) electrons. The van der Waals surface area contributed by atoms with E-state index in [0.717, 1.165) is 13.2 Å². The van der Waals surface area contributed by atoms with E-state index in [2.05, 4.69) is 14.5 Å². The van der Waals surface area contributed by atoms with E-state index >= 15 is 0 Å². The number of aromatic nitrogens is 1. The van der Waals surface area contributed by atoms with Gasteiger partial charge in [-0.15, -0.1) is 13.2 Å². The van der Waals surface area contributed by atoms with Crippen molar-refractivity contribution in [2.75, 3.05) is 7.11 Å². The van der Waals surface area contributed by atoms with Crippen LogP contribution >= 0.6 is 0 Å². The van der Waals surface area contributed by atoms with Gasteiger partial charge < -0.3 is 15.2 Å². The summed E-state index contributed by atoms with van der Waals surface area (Å²) in [5, 5.41) is 0. The van der Waals surface area contributed by atoms with Gasteiger partial charge in [-0.05, 0) is 6.07 Å². The lowest BCUT2D eigenvalue weighted by Crippen LogP contribution is -2.24. The second kappa shape index (κ2) is 6.38. The smallest absolute Gasteiger partial charge is 0.469 e. The Labute approximate surface area is 120 Å². The number of nitrogens with two attached hydrogens (primary N) is 1. The molecule has 0 aliphatic rings. The summed E-state index contributed by atoms with van der Waals surface area (Å²) in [6.07, 6.45) is -11.5. The Bertz CT molecular complexity index is 556. The van der Waals surface area contributed by atoms with Crippen LogP contribution in [0.2, 0.25) is 0 Å². The molecule has 0 unspecified atom stereocenters. The van der Waals surface area contributed by atoms with E-state index in [1.54, 1.807) is 0 Å². The van der Waals surface area contributed by atoms with Gasteiger partial charge >= 0.3 is 18.5 Å². The largest absolute Gasteiger partial charge is 0.573 e. The van der Waals surface area contributed by atoms with E-state index in [-0.39, 0.29) is 5.69 Å². The average Bonchev–Trinajstić information content (AvgIpc) is 2.37.